The van der Waals surface area contributed by atoms with E-state index in [9.17, 15) is 0 Å². The lowest BCUT2D eigenvalue weighted by atomic mass is 10.2. The molecule has 1 aliphatic carbocycles. The maximum atomic E-state index is 7.37. The Balaban J connectivity index is 2.28. The number of nitrogens with one attached hydrogen (secondary N) is 1. The smallest absolute Gasteiger partial charge is 0.141 e. The number of rotatable bonds is 2. The molecule has 13 heavy (non-hydrogen) atoms. The number of amidine groups is 1. The summed E-state index contributed by atoms with van der Waals surface area (Å²) in [7, 11) is 0. The Morgan fingerprint density at radius 1 is 1.54 bits per heavy atom. The number of hydrogen-bond acceptors (Lipinski definition) is 2. The maximum absolute atomic E-state index is 7.37. The molecule has 1 aliphatic rings. The van der Waals surface area contributed by atoms with Gasteiger partial charge in [0.05, 0.1) is 12.5 Å². The standard InChI is InChI=1S/C9H14N4/c10-9(11)8-5-12-6-13(8)7-3-1-2-4-7/h5-7H,1-4H2,(H3,10,11). The highest BCUT2D eigenvalue weighted by atomic mass is 15.1. The molecule has 4 heteroatoms. The Labute approximate surface area is 77.3 Å². The van der Waals surface area contributed by atoms with E-state index in [1.165, 1.54) is 25.7 Å². The predicted molar refractivity (Wildman–Crippen MR) is 50.7 cm³/mol. The second-order valence-electron chi connectivity index (χ2n) is 3.54. The van der Waals surface area contributed by atoms with E-state index < -0.39 is 0 Å². The molecule has 1 fully saturated rings. The number of nitrogen functional groups attached to an aromatic ring is 1. The van der Waals surface area contributed by atoms with Crippen LogP contribution in [0.1, 0.15) is 37.4 Å². The lowest BCUT2D eigenvalue weighted by Gasteiger charge is -2.13. The van der Waals surface area contributed by atoms with Crippen LogP contribution in [0.25, 0.3) is 0 Å². The molecule has 0 unspecified atom stereocenters. The van der Waals surface area contributed by atoms with Crippen molar-refractivity contribution in [1.29, 1.82) is 5.41 Å². The third-order valence-corrected chi connectivity index (χ3v) is 2.66. The minimum absolute atomic E-state index is 0.115. The summed E-state index contributed by atoms with van der Waals surface area (Å²) in [6.07, 6.45) is 8.39. The second-order valence-corrected chi connectivity index (χ2v) is 3.54. The lowest BCUT2D eigenvalue weighted by Crippen LogP contribution is -2.18. The highest BCUT2D eigenvalue weighted by Crippen LogP contribution is 2.29. The van der Waals surface area contributed by atoms with Crippen molar-refractivity contribution >= 4 is 5.84 Å². The second kappa shape index (κ2) is 3.20. The molecule has 0 aromatic carbocycles. The van der Waals surface area contributed by atoms with E-state index in [-0.39, 0.29) is 5.84 Å². The van der Waals surface area contributed by atoms with E-state index >= 15 is 0 Å². The van der Waals surface area contributed by atoms with Crippen molar-refractivity contribution in [3.05, 3.63) is 18.2 Å². The van der Waals surface area contributed by atoms with Crippen molar-refractivity contribution in [2.24, 2.45) is 5.73 Å². The molecule has 1 aromatic heterocycles. The summed E-state index contributed by atoms with van der Waals surface area (Å²) >= 11 is 0. The molecule has 70 valence electrons. The number of nitrogens with two attached hydrogens (primary N) is 1. The zero-order chi connectivity index (χ0) is 9.26. The summed E-state index contributed by atoms with van der Waals surface area (Å²) in [5, 5.41) is 7.37. The van der Waals surface area contributed by atoms with Crippen molar-refractivity contribution in [1.82, 2.24) is 9.55 Å². The van der Waals surface area contributed by atoms with Gasteiger partial charge in [0.25, 0.3) is 0 Å². The SMILES string of the molecule is N=C(N)c1cncn1C1CCCC1. The van der Waals surface area contributed by atoms with Crippen LogP contribution in [0, 0.1) is 5.41 Å². The largest absolute Gasteiger partial charge is 0.382 e. The van der Waals surface area contributed by atoms with E-state index in [2.05, 4.69) is 4.98 Å². The maximum Gasteiger partial charge on any atom is 0.141 e. The van der Waals surface area contributed by atoms with Gasteiger partial charge in [-0.05, 0) is 12.8 Å². The predicted octanol–water partition coefficient (Wildman–Crippen LogP) is 1.28. The first-order valence-electron chi connectivity index (χ1n) is 4.65. The average Bonchev–Trinajstić information content (AvgIpc) is 2.74. The monoisotopic (exact) mass is 178 g/mol. The summed E-state index contributed by atoms with van der Waals surface area (Å²) in [5.41, 5.74) is 6.21. The molecule has 0 saturated heterocycles. The summed E-state index contributed by atoms with van der Waals surface area (Å²) in [6.45, 7) is 0. The molecule has 4 nitrogen and oxygen atoms in total. The van der Waals surface area contributed by atoms with Crippen LogP contribution < -0.4 is 5.73 Å². The minimum atomic E-state index is 0.115. The molecule has 0 amide bonds. The topological polar surface area (TPSA) is 67.7 Å². The van der Waals surface area contributed by atoms with Crippen LogP contribution in [-0.2, 0) is 0 Å². The molecule has 0 atom stereocenters. The Hall–Kier alpha value is -1.32. The van der Waals surface area contributed by atoms with Crippen molar-refractivity contribution in [2.45, 2.75) is 31.7 Å². The number of nitrogens with zero attached hydrogens (tertiary/aromatic N) is 2. The molecule has 1 heterocycles. The first kappa shape index (κ1) is 8.29. The van der Waals surface area contributed by atoms with Gasteiger partial charge in [-0.2, -0.15) is 0 Å². The fourth-order valence-corrected chi connectivity index (χ4v) is 1.99. The van der Waals surface area contributed by atoms with E-state index in [1.54, 1.807) is 12.5 Å². The van der Waals surface area contributed by atoms with Crippen molar-refractivity contribution < 1.29 is 0 Å². The first-order chi connectivity index (χ1) is 6.29. The van der Waals surface area contributed by atoms with Gasteiger partial charge in [0.15, 0.2) is 0 Å². The molecule has 0 aliphatic heterocycles. The molecule has 2 rings (SSSR count). The average molecular weight is 178 g/mol. The van der Waals surface area contributed by atoms with Gasteiger partial charge in [-0.1, -0.05) is 12.8 Å². The normalized spacial score (nSPS) is 17.8. The molecule has 3 N–H and O–H groups in total. The van der Waals surface area contributed by atoms with Gasteiger partial charge in [-0.25, -0.2) is 4.98 Å². The fourth-order valence-electron chi connectivity index (χ4n) is 1.99. The third kappa shape index (κ3) is 1.43. The molecular formula is C9H14N4. The van der Waals surface area contributed by atoms with Gasteiger partial charge < -0.3 is 10.3 Å². The van der Waals surface area contributed by atoms with Crippen molar-refractivity contribution in [2.75, 3.05) is 0 Å². The third-order valence-electron chi connectivity index (χ3n) is 2.66. The molecule has 0 radical (unpaired) electrons. The van der Waals surface area contributed by atoms with E-state index in [1.807, 2.05) is 4.57 Å². The number of hydrogen-bond donors (Lipinski definition) is 2. The van der Waals surface area contributed by atoms with Gasteiger partial charge in [0.2, 0.25) is 0 Å². The number of aromatic nitrogens is 2. The molecule has 0 bridgehead atoms. The number of imidazole rings is 1. The van der Waals surface area contributed by atoms with Crippen LogP contribution >= 0.6 is 0 Å². The van der Waals surface area contributed by atoms with Crippen LogP contribution in [-0.4, -0.2) is 15.4 Å². The quantitative estimate of drug-likeness (QED) is 0.529. The van der Waals surface area contributed by atoms with E-state index in [0.717, 1.165) is 5.69 Å². The highest BCUT2D eigenvalue weighted by Gasteiger charge is 2.19. The van der Waals surface area contributed by atoms with Gasteiger partial charge in [-0.3, -0.25) is 5.41 Å². The molecule has 1 saturated carbocycles. The van der Waals surface area contributed by atoms with Gasteiger partial charge in [-0.15, -0.1) is 0 Å². The Morgan fingerprint density at radius 2 is 2.23 bits per heavy atom. The van der Waals surface area contributed by atoms with Gasteiger partial charge in [0, 0.05) is 6.04 Å². The zero-order valence-corrected chi connectivity index (χ0v) is 7.53. The lowest BCUT2D eigenvalue weighted by molar-refractivity contribution is 0.515. The summed E-state index contributed by atoms with van der Waals surface area (Å²) in [5.74, 6) is 0.115. The van der Waals surface area contributed by atoms with Gasteiger partial charge in [0.1, 0.15) is 11.5 Å². The van der Waals surface area contributed by atoms with Crippen LogP contribution in [0.4, 0.5) is 0 Å². The summed E-state index contributed by atoms with van der Waals surface area (Å²) < 4.78 is 2.04. The van der Waals surface area contributed by atoms with Crippen molar-refractivity contribution in [3.8, 4) is 0 Å². The molecule has 1 aromatic rings. The summed E-state index contributed by atoms with van der Waals surface area (Å²) in [6, 6.07) is 0.515. The summed E-state index contributed by atoms with van der Waals surface area (Å²) in [4.78, 5) is 4.03. The van der Waals surface area contributed by atoms with Crippen LogP contribution in [0.5, 0.6) is 0 Å². The van der Waals surface area contributed by atoms with Crippen LogP contribution in [0.15, 0.2) is 12.5 Å². The Morgan fingerprint density at radius 3 is 2.85 bits per heavy atom. The minimum Gasteiger partial charge on any atom is -0.382 e. The van der Waals surface area contributed by atoms with E-state index in [4.69, 9.17) is 11.1 Å². The van der Waals surface area contributed by atoms with Crippen LogP contribution in [0.2, 0.25) is 0 Å². The fraction of sp³-hybridized carbons (Fsp3) is 0.556. The molecule has 0 spiro atoms. The molecular weight excluding hydrogens is 164 g/mol. The zero-order valence-electron chi connectivity index (χ0n) is 7.53. The van der Waals surface area contributed by atoms with Crippen molar-refractivity contribution in [3.63, 3.8) is 0 Å². The van der Waals surface area contributed by atoms with Gasteiger partial charge >= 0.3 is 0 Å². The first-order valence-corrected chi connectivity index (χ1v) is 4.65. The van der Waals surface area contributed by atoms with E-state index in [0.29, 0.717) is 6.04 Å². The highest BCUT2D eigenvalue weighted by molar-refractivity contribution is 5.93. The Kier molecular flexibility index (Phi) is 2.04. The Bertz CT molecular complexity index is 309. The van der Waals surface area contributed by atoms with Crippen LogP contribution in [0.3, 0.4) is 0 Å².